The van der Waals surface area contributed by atoms with Gasteiger partial charge in [0, 0.05) is 19.9 Å². The smallest absolute Gasteiger partial charge is 0.274 e. The highest BCUT2D eigenvalue weighted by atomic mass is 16.5. The number of imidazole rings is 1. The van der Waals surface area contributed by atoms with Crippen LogP contribution in [0, 0.1) is 6.92 Å². The topological polar surface area (TPSA) is 89.0 Å². The van der Waals surface area contributed by atoms with Gasteiger partial charge in [0.25, 0.3) is 11.5 Å². The van der Waals surface area contributed by atoms with Gasteiger partial charge in [0.1, 0.15) is 11.2 Å². The fraction of sp³-hybridized carbons (Fsp3) is 0.235. The average Bonchev–Trinajstić information content (AvgIpc) is 3.03. The molecule has 2 heterocycles. The molecule has 124 valence electrons. The van der Waals surface area contributed by atoms with Crippen molar-refractivity contribution in [3.63, 3.8) is 0 Å². The number of pyridine rings is 1. The van der Waals surface area contributed by atoms with Crippen molar-refractivity contribution in [2.24, 2.45) is 0 Å². The molecular formula is C17H18N4O3. The van der Waals surface area contributed by atoms with Gasteiger partial charge in [-0.2, -0.15) is 0 Å². The molecule has 7 nitrogen and oxygen atoms in total. The number of rotatable bonds is 5. The van der Waals surface area contributed by atoms with Gasteiger partial charge in [0.2, 0.25) is 0 Å². The van der Waals surface area contributed by atoms with Crippen LogP contribution in [0.25, 0.3) is 11.0 Å². The molecule has 2 aromatic heterocycles. The first-order valence-corrected chi connectivity index (χ1v) is 7.53. The summed E-state index contributed by atoms with van der Waals surface area (Å²) in [5.41, 5.74) is 2.68. The summed E-state index contributed by atoms with van der Waals surface area (Å²) < 4.78 is 6.48. The third-order valence-corrected chi connectivity index (χ3v) is 3.72. The summed E-state index contributed by atoms with van der Waals surface area (Å²) in [5.74, 6) is -0.364. The summed E-state index contributed by atoms with van der Waals surface area (Å²) in [6, 6.07) is 6.97. The predicted molar refractivity (Wildman–Crippen MR) is 91.4 cm³/mol. The molecule has 0 unspecified atom stereocenters. The quantitative estimate of drug-likeness (QED) is 0.750. The van der Waals surface area contributed by atoms with Crippen LogP contribution in [0.4, 0.5) is 5.69 Å². The molecule has 1 amide bonds. The molecular weight excluding hydrogens is 308 g/mol. The van der Waals surface area contributed by atoms with Gasteiger partial charge in [-0.15, -0.1) is 0 Å². The second-order valence-electron chi connectivity index (χ2n) is 5.48. The monoisotopic (exact) mass is 326 g/mol. The molecule has 0 aliphatic heterocycles. The van der Waals surface area contributed by atoms with E-state index in [2.05, 4.69) is 15.3 Å². The highest BCUT2D eigenvalue weighted by Crippen LogP contribution is 2.18. The summed E-state index contributed by atoms with van der Waals surface area (Å²) in [5, 5.41) is 2.69. The SMILES string of the molecule is COCCn1cccc(NC(=O)c2cc(C)cc3[nH]cnc23)c1=O. The maximum absolute atomic E-state index is 12.6. The fourth-order valence-corrected chi connectivity index (χ4v) is 2.55. The lowest BCUT2D eigenvalue weighted by molar-refractivity contribution is 0.102. The summed E-state index contributed by atoms with van der Waals surface area (Å²) in [7, 11) is 1.57. The third kappa shape index (κ3) is 3.07. The summed E-state index contributed by atoms with van der Waals surface area (Å²) in [6.07, 6.45) is 3.21. The second-order valence-corrected chi connectivity index (χ2v) is 5.48. The van der Waals surface area contributed by atoms with Crippen LogP contribution in [0.15, 0.2) is 41.6 Å². The number of methoxy groups -OCH3 is 1. The van der Waals surface area contributed by atoms with E-state index in [1.165, 1.54) is 4.57 Å². The van der Waals surface area contributed by atoms with Gasteiger partial charge in [-0.25, -0.2) is 4.98 Å². The van der Waals surface area contributed by atoms with Crippen LogP contribution in [-0.2, 0) is 11.3 Å². The number of hydrogen-bond donors (Lipinski definition) is 2. The van der Waals surface area contributed by atoms with Gasteiger partial charge in [0.15, 0.2) is 0 Å². The van der Waals surface area contributed by atoms with E-state index < -0.39 is 0 Å². The number of carbonyl (C=O) groups excluding carboxylic acids is 1. The first-order chi connectivity index (χ1) is 11.6. The third-order valence-electron chi connectivity index (χ3n) is 3.72. The van der Waals surface area contributed by atoms with Crippen molar-refractivity contribution in [3.05, 3.63) is 58.3 Å². The van der Waals surface area contributed by atoms with Crippen LogP contribution in [-0.4, -0.2) is 34.2 Å². The molecule has 2 N–H and O–H groups in total. The Hall–Kier alpha value is -2.93. The van der Waals surface area contributed by atoms with Crippen LogP contribution in [0.2, 0.25) is 0 Å². The molecule has 1 aromatic carbocycles. The first-order valence-electron chi connectivity index (χ1n) is 7.53. The maximum Gasteiger partial charge on any atom is 0.274 e. The van der Waals surface area contributed by atoms with Crippen molar-refractivity contribution < 1.29 is 9.53 Å². The van der Waals surface area contributed by atoms with E-state index in [0.29, 0.717) is 24.2 Å². The Morgan fingerprint density at radius 1 is 1.42 bits per heavy atom. The molecule has 0 spiro atoms. The zero-order chi connectivity index (χ0) is 17.1. The summed E-state index contributed by atoms with van der Waals surface area (Å²) in [6.45, 7) is 2.74. The van der Waals surface area contributed by atoms with Gasteiger partial charge in [0.05, 0.1) is 24.0 Å². The Balaban J connectivity index is 1.92. The van der Waals surface area contributed by atoms with Crippen LogP contribution < -0.4 is 10.9 Å². The number of hydrogen-bond acceptors (Lipinski definition) is 4. The highest BCUT2D eigenvalue weighted by molar-refractivity contribution is 6.11. The van der Waals surface area contributed by atoms with E-state index in [0.717, 1.165) is 11.1 Å². The van der Waals surface area contributed by atoms with E-state index in [1.54, 1.807) is 37.8 Å². The molecule has 3 rings (SSSR count). The van der Waals surface area contributed by atoms with Gasteiger partial charge < -0.3 is 19.6 Å². The van der Waals surface area contributed by atoms with Crippen molar-refractivity contribution in [1.82, 2.24) is 14.5 Å². The average molecular weight is 326 g/mol. The number of benzene rings is 1. The molecule has 0 fully saturated rings. The Labute approximate surface area is 138 Å². The number of aryl methyl sites for hydroxylation is 1. The predicted octanol–water partition coefficient (Wildman–Crippen LogP) is 1.93. The molecule has 7 heteroatoms. The number of nitrogens with one attached hydrogen (secondary N) is 2. The molecule has 0 aliphatic carbocycles. The number of H-pyrrole nitrogens is 1. The van der Waals surface area contributed by atoms with Crippen LogP contribution in [0.3, 0.4) is 0 Å². The Kier molecular flexibility index (Phi) is 4.43. The summed E-state index contributed by atoms with van der Waals surface area (Å²) >= 11 is 0. The Bertz CT molecular complexity index is 942. The number of aromatic amines is 1. The molecule has 24 heavy (non-hydrogen) atoms. The first kappa shape index (κ1) is 15.9. The molecule has 0 saturated carbocycles. The number of carbonyl (C=O) groups is 1. The van der Waals surface area contributed by atoms with E-state index in [1.807, 2.05) is 13.0 Å². The van der Waals surface area contributed by atoms with Crippen molar-refractivity contribution in [3.8, 4) is 0 Å². The molecule has 0 atom stereocenters. The Morgan fingerprint density at radius 2 is 2.25 bits per heavy atom. The lowest BCUT2D eigenvalue weighted by Gasteiger charge is -2.09. The van der Waals surface area contributed by atoms with E-state index >= 15 is 0 Å². The van der Waals surface area contributed by atoms with Gasteiger partial charge in [-0.1, -0.05) is 0 Å². The molecule has 0 saturated heterocycles. The van der Waals surface area contributed by atoms with Gasteiger partial charge >= 0.3 is 0 Å². The van der Waals surface area contributed by atoms with Gasteiger partial charge in [-0.05, 0) is 36.8 Å². The largest absolute Gasteiger partial charge is 0.383 e. The molecule has 0 bridgehead atoms. The zero-order valence-electron chi connectivity index (χ0n) is 13.5. The minimum absolute atomic E-state index is 0.226. The fourth-order valence-electron chi connectivity index (χ4n) is 2.55. The lowest BCUT2D eigenvalue weighted by atomic mass is 10.1. The molecule has 0 aliphatic rings. The van der Waals surface area contributed by atoms with Crippen molar-refractivity contribution >= 4 is 22.6 Å². The van der Waals surface area contributed by atoms with Crippen LogP contribution in [0.5, 0.6) is 0 Å². The maximum atomic E-state index is 12.6. The number of ether oxygens (including phenoxy) is 1. The minimum atomic E-state index is -0.364. The number of anilines is 1. The van der Waals surface area contributed by atoms with E-state index in [-0.39, 0.29) is 17.2 Å². The van der Waals surface area contributed by atoms with Gasteiger partial charge in [-0.3, -0.25) is 9.59 Å². The van der Waals surface area contributed by atoms with E-state index in [9.17, 15) is 9.59 Å². The number of aromatic nitrogens is 3. The van der Waals surface area contributed by atoms with Crippen LogP contribution >= 0.6 is 0 Å². The summed E-state index contributed by atoms with van der Waals surface area (Å²) in [4.78, 5) is 32.2. The normalized spacial score (nSPS) is 10.9. The number of amides is 1. The van der Waals surface area contributed by atoms with Crippen molar-refractivity contribution in [1.29, 1.82) is 0 Å². The van der Waals surface area contributed by atoms with E-state index in [4.69, 9.17) is 4.74 Å². The second kappa shape index (κ2) is 6.67. The number of fused-ring (bicyclic) bond motifs is 1. The highest BCUT2D eigenvalue weighted by Gasteiger charge is 2.15. The standard InChI is InChI=1S/C17H18N4O3/c1-11-8-12(15-14(9-11)18-10-19-15)16(22)20-13-4-3-5-21(17(13)23)6-7-24-2/h3-5,8-10H,6-7H2,1-2H3,(H,18,19)(H,20,22). The zero-order valence-corrected chi connectivity index (χ0v) is 13.5. The number of nitrogens with zero attached hydrogens (tertiary/aromatic N) is 2. The van der Waals surface area contributed by atoms with Crippen molar-refractivity contribution in [2.75, 3.05) is 19.0 Å². The van der Waals surface area contributed by atoms with Crippen LogP contribution in [0.1, 0.15) is 15.9 Å². The lowest BCUT2D eigenvalue weighted by Crippen LogP contribution is -2.26. The Morgan fingerprint density at radius 3 is 3.04 bits per heavy atom. The molecule has 3 aromatic rings. The minimum Gasteiger partial charge on any atom is -0.383 e. The van der Waals surface area contributed by atoms with Crippen molar-refractivity contribution in [2.45, 2.75) is 13.5 Å². The molecule has 0 radical (unpaired) electrons.